The van der Waals surface area contributed by atoms with Gasteiger partial charge >= 0.3 is 17.9 Å². The van der Waals surface area contributed by atoms with E-state index >= 15 is 4.79 Å². The van der Waals surface area contributed by atoms with Crippen molar-refractivity contribution in [1.82, 2.24) is 0 Å². The maximum Gasteiger partial charge on any atom is 0.311 e. The minimum atomic E-state index is -1.85. The number of hydrogen-bond acceptors (Lipinski definition) is 11. The molecular formula is C31H38O11. The predicted octanol–water partition coefficient (Wildman–Crippen LogP) is 2.05. The van der Waals surface area contributed by atoms with E-state index in [2.05, 4.69) is 0 Å². The van der Waals surface area contributed by atoms with Crippen LogP contribution in [0.4, 0.5) is 0 Å². The highest BCUT2D eigenvalue weighted by Crippen LogP contribution is 2.71. The number of carbonyl (C=O) groups excluding carboxylic acids is 5. The van der Waals surface area contributed by atoms with Crippen molar-refractivity contribution in [3.05, 3.63) is 0 Å². The predicted molar refractivity (Wildman–Crippen MR) is 138 cm³/mol. The summed E-state index contributed by atoms with van der Waals surface area (Å²) in [6.07, 6.45) is -1.74. The molecule has 8 rings (SSSR count). The molecule has 11 heteroatoms. The van der Waals surface area contributed by atoms with Crippen LogP contribution in [0, 0.1) is 40.9 Å². The highest BCUT2D eigenvalue weighted by Gasteiger charge is 2.84. The molecule has 0 aromatic heterocycles. The summed E-state index contributed by atoms with van der Waals surface area (Å²) >= 11 is 0. The lowest BCUT2D eigenvalue weighted by Crippen LogP contribution is -2.64. The van der Waals surface area contributed by atoms with Gasteiger partial charge in [-0.25, -0.2) is 0 Å². The molecule has 0 aromatic rings. The van der Waals surface area contributed by atoms with Gasteiger partial charge in [0.25, 0.3) is 0 Å². The molecule has 6 heterocycles. The fourth-order valence-corrected chi connectivity index (χ4v) is 11.1. The molecule has 2 saturated carbocycles. The fourth-order valence-electron chi connectivity index (χ4n) is 11.1. The summed E-state index contributed by atoms with van der Waals surface area (Å²) in [5.74, 6) is -7.14. The number of Topliss-reactive ketones (excluding diaryl/α,β-unsaturated/α-hetero) is 2. The molecule has 6 aliphatic heterocycles. The van der Waals surface area contributed by atoms with Gasteiger partial charge in [-0.1, -0.05) is 13.8 Å². The van der Waals surface area contributed by atoms with Crippen LogP contribution in [0.1, 0.15) is 73.6 Å². The summed E-state index contributed by atoms with van der Waals surface area (Å²) < 4.78 is 38.3. The molecule has 3 spiro atoms. The number of esters is 3. The summed E-state index contributed by atoms with van der Waals surface area (Å²) in [6.45, 7) is 10.6. The smallest absolute Gasteiger partial charge is 0.311 e. The number of fused-ring (bicyclic) bond motifs is 2. The lowest BCUT2D eigenvalue weighted by molar-refractivity contribution is -0.331. The monoisotopic (exact) mass is 586 g/mol. The van der Waals surface area contributed by atoms with Crippen LogP contribution in [0.15, 0.2) is 0 Å². The molecule has 14 unspecified atom stereocenters. The minimum Gasteiger partial charge on any atom is -0.462 e. The molecule has 42 heavy (non-hydrogen) atoms. The Morgan fingerprint density at radius 1 is 0.952 bits per heavy atom. The Morgan fingerprint density at radius 3 is 2.40 bits per heavy atom. The zero-order chi connectivity index (χ0) is 29.9. The van der Waals surface area contributed by atoms with Gasteiger partial charge in [0, 0.05) is 42.4 Å². The van der Waals surface area contributed by atoms with Crippen LogP contribution in [-0.4, -0.2) is 76.5 Å². The lowest BCUT2D eigenvalue weighted by Gasteiger charge is -2.50. The topological polar surface area (TPSA) is 141 Å². The summed E-state index contributed by atoms with van der Waals surface area (Å²) in [4.78, 5) is 67.4. The maximum atomic E-state index is 15.1. The Bertz CT molecular complexity index is 1360. The van der Waals surface area contributed by atoms with Crippen molar-refractivity contribution >= 4 is 29.5 Å². The van der Waals surface area contributed by atoms with Crippen LogP contribution in [0.3, 0.4) is 0 Å². The van der Waals surface area contributed by atoms with Crippen molar-refractivity contribution < 1.29 is 52.4 Å². The third-order valence-corrected chi connectivity index (χ3v) is 12.6. The normalized spacial score (nSPS) is 56.3. The minimum absolute atomic E-state index is 0.00493. The van der Waals surface area contributed by atoms with Crippen molar-refractivity contribution in [1.29, 1.82) is 0 Å². The first kappa shape index (κ1) is 27.2. The molecular weight excluding hydrogens is 548 g/mol. The van der Waals surface area contributed by atoms with Gasteiger partial charge in [0.05, 0.1) is 29.5 Å². The Morgan fingerprint density at radius 2 is 1.69 bits per heavy atom. The average molecular weight is 587 g/mol. The highest BCUT2D eigenvalue weighted by molar-refractivity contribution is 5.97. The second-order valence-electron chi connectivity index (χ2n) is 15.0. The van der Waals surface area contributed by atoms with Crippen molar-refractivity contribution in [2.24, 2.45) is 40.9 Å². The van der Waals surface area contributed by atoms with Crippen LogP contribution < -0.4 is 0 Å². The zero-order valence-electron chi connectivity index (χ0n) is 24.8. The Labute approximate surface area is 243 Å². The Balaban J connectivity index is 1.34. The number of ketones is 2. The van der Waals surface area contributed by atoms with Crippen LogP contribution in [0.5, 0.6) is 0 Å². The van der Waals surface area contributed by atoms with Crippen LogP contribution in [-0.2, 0) is 52.4 Å². The summed E-state index contributed by atoms with van der Waals surface area (Å²) in [5.41, 5.74) is -4.07. The molecule has 8 fully saturated rings. The van der Waals surface area contributed by atoms with Gasteiger partial charge in [0.1, 0.15) is 35.8 Å². The van der Waals surface area contributed by atoms with Crippen LogP contribution >= 0.6 is 0 Å². The van der Waals surface area contributed by atoms with E-state index in [1.54, 1.807) is 6.92 Å². The van der Waals surface area contributed by atoms with E-state index in [1.807, 2.05) is 27.7 Å². The highest BCUT2D eigenvalue weighted by atomic mass is 16.7. The van der Waals surface area contributed by atoms with E-state index in [4.69, 9.17) is 28.4 Å². The average Bonchev–Trinajstić information content (AvgIpc) is 3.49. The zero-order valence-corrected chi connectivity index (χ0v) is 24.8. The van der Waals surface area contributed by atoms with E-state index < -0.39 is 93.9 Å². The van der Waals surface area contributed by atoms with E-state index in [0.29, 0.717) is 12.8 Å². The van der Waals surface area contributed by atoms with E-state index in [9.17, 15) is 19.2 Å². The number of rotatable bonds is 1. The van der Waals surface area contributed by atoms with Gasteiger partial charge in [-0.05, 0) is 40.0 Å². The van der Waals surface area contributed by atoms with E-state index in [-0.39, 0.29) is 42.7 Å². The van der Waals surface area contributed by atoms with Gasteiger partial charge in [-0.3, -0.25) is 24.0 Å². The molecule has 0 N–H and O–H groups in total. The van der Waals surface area contributed by atoms with Crippen LogP contribution in [0.2, 0.25) is 0 Å². The Hall–Kier alpha value is -2.37. The Kier molecular flexibility index (Phi) is 5.06. The van der Waals surface area contributed by atoms with Gasteiger partial charge in [0.2, 0.25) is 11.6 Å². The fraction of sp³-hybridized carbons (Fsp3) is 0.839. The molecule has 8 aliphatic rings. The first-order chi connectivity index (χ1) is 19.6. The molecule has 0 amide bonds. The van der Waals surface area contributed by atoms with Crippen molar-refractivity contribution in [2.45, 2.75) is 121 Å². The molecule has 2 aliphatic carbocycles. The van der Waals surface area contributed by atoms with Crippen LogP contribution in [0.25, 0.3) is 0 Å². The van der Waals surface area contributed by atoms with Crippen molar-refractivity contribution in [2.75, 3.05) is 0 Å². The molecule has 0 aromatic carbocycles. The molecule has 11 nitrogen and oxygen atoms in total. The molecule has 228 valence electrons. The summed E-state index contributed by atoms with van der Waals surface area (Å²) in [7, 11) is 0. The van der Waals surface area contributed by atoms with E-state index in [0.717, 1.165) is 0 Å². The third-order valence-electron chi connectivity index (χ3n) is 12.6. The molecule has 0 radical (unpaired) electrons. The van der Waals surface area contributed by atoms with Gasteiger partial charge < -0.3 is 28.4 Å². The quantitative estimate of drug-likeness (QED) is 0.329. The van der Waals surface area contributed by atoms with Gasteiger partial charge in [-0.15, -0.1) is 0 Å². The lowest BCUT2D eigenvalue weighted by atomic mass is 9.60. The molecule has 6 saturated heterocycles. The molecule has 14 atom stereocenters. The van der Waals surface area contributed by atoms with Gasteiger partial charge in [0.15, 0.2) is 0 Å². The number of ether oxygens (including phenoxy) is 6. The van der Waals surface area contributed by atoms with Crippen molar-refractivity contribution in [3.8, 4) is 0 Å². The molecule has 2 bridgehead atoms. The third kappa shape index (κ3) is 2.91. The number of carbonyl (C=O) groups is 5. The van der Waals surface area contributed by atoms with Gasteiger partial charge in [-0.2, -0.15) is 0 Å². The first-order valence-corrected chi connectivity index (χ1v) is 15.3. The summed E-state index contributed by atoms with van der Waals surface area (Å²) in [6, 6.07) is 0. The second-order valence-corrected chi connectivity index (χ2v) is 15.0. The maximum absolute atomic E-state index is 15.1. The SMILES string of the molecule is CC(=O)OC1CC2C(C)(C)OC3CC(=O)OC32CC23CCC4(C)C(=O)C(C)C5C6OC(=O)C(C)C6OC(O2)(C(=O)C13)C54. The second kappa shape index (κ2) is 7.82. The van der Waals surface area contributed by atoms with Crippen molar-refractivity contribution in [3.63, 3.8) is 0 Å². The standard InChI is InChI=1S/C31H38O11/c1-12-19-22-21(13(2)26(36)38-22)41-31-23(19)28(6,24(12)34)7-8-29(42-31)11-30-16(9-15(37-14(3)32)20(29)25(31)35)27(4,5)39-17(30)10-18(33)40-30/h12-13,15-17,19-23H,7-11H2,1-6H3. The summed E-state index contributed by atoms with van der Waals surface area (Å²) in [5, 5.41) is 0. The first-order valence-electron chi connectivity index (χ1n) is 15.3. The van der Waals surface area contributed by atoms with E-state index in [1.165, 1.54) is 6.92 Å². The number of hydrogen-bond donors (Lipinski definition) is 0. The largest absolute Gasteiger partial charge is 0.462 e.